The average molecular weight is 544 g/mol. The zero-order chi connectivity index (χ0) is 27.5. The first-order valence-corrected chi connectivity index (χ1v) is 12.2. The topological polar surface area (TPSA) is 70.8 Å². The molecule has 3 aromatic rings. The maximum absolute atomic E-state index is 14.0. The van der Waals surface area contributed by atoms with Crippen LogP contribution in [0.5, 0.6) is 5.75 Å². The first-order chi connectivity index (χ1) is 17.6. The standard InChI is InChI=1S/C26H27F6N3O3/c1-23(36)12-18(13-23)35-14-33-21-11-19(10-20(22(21)35)26(30,31)32)38-15-34-8-6-24(37,7-9-34)16-2-4-17(5-3-16)25(27,28)29/h2-5,10-11,14,18,36-37H,6-9,12-13,15H2,1H3. The molecule has 12 heteroatoms. The van der Waals surface area contributed by atoms with Gasteiger partial charge in [0.25, 0.3) is 0 Å². The fourth-order valence-corrected chi connectivity index (χ4v) is 5.35. The molecule has 38 heavy (non-hydrogen) atoms. The van der Waals surface area contributed by atoms with Crippen molar-refractivity contribution in [3.05, 3.63) is 59.4 Å². The van der Waals surface area contributed by atoms with Crippen LogP contribution in [0.25, 0.3) is 11.0 Å². The summed E-state index contributed by atoms with van der Waals surface area (Å²) in [6, 6.07) is 6.52. The average Bonchev–Trinajstić information content (AvgIpc) is 3.24. The van der Waals surface area contributed by atoms with E-state index >= 15 is 0 Å². The molecule has 1 saturated heterocycles. The van der Waals surface area contributed by atoms with Gasteiger partial charge in [0.15, 0.2) is 0 Å². The molecule has 2 heterocycles. The molecule has 6 nitrogen and oxygen atoms in total. The molecule has 1 aromatic heterocycles. The number of likely N-dealkylation sites (tertiary alicyclic amines) is 1. The third-order valence-electron chi connectivity index (χ3n) is 7.54. The van der Waals surface area contributed by atoms with E-state index in [9.17, 15) is 36.6 Å². The van der Waals surface area contributed by atoms with Gasteiger partial charge in [-0.05, 0) is 56.4 Å². The van der Waals surface area contributed by atoms with E-state index < -0.39 is 34.7 Å². The van der Waals surface area contributed by atoms with Gasteiger partial charge in [0.1, 0.15) is 12.5 Å². The minimum absolute atomic E-state index is 0.000689. The molecule has 0 unspecified atom stereocenters. The number of imidazole rings is 1. The van der Waals surface area contributed by atoms with Gasteiger partial charge < -0.3 is 19.5 Å². The zero-order valence-electron chi connectivity index (χ0n) is 20.5. The first-order valence-electron chi connectivity index (χ1n) is 12.2. The second-order valence-electron chi connectivity index (χ2n) is 10.5. The van der Waals surface area contributed by atoms with Gasteiger partial charge in [0, 0.05) is 25.2 Å². The Bertz CT molecular complexity index is 1300. The highest BCUT2D eigenvalue weighted by molar-refractivity contribution is 5.82. The number of fused-ring (bicyclic) bond motifs is 1. The summed E-state index contributed by atoms with van der Waals surface area (Å²) in [6.07, 6.45) is -6.63. The van der Waals surface area contributed by atoms with Crippen molar-refractivity contribution in [1.82, 2.24) is 14.5 Å². The lowest BCUT2D eigenvalue weighted by atomic mass is 9.77. The lowest BCUT2D eigenvalue weighted by Crippen LogP contribution is -2.44. The summed E-state index contributed by atoms with van der Waals surface area (Å²) < 4.78 is 87.6. The third-order valence-corrected chi connectivity index (χ3v) is 7.54. The van der Waals surface area contributed by atoms with Crippen molar-refractivity contribution in [2.24, 2.45) is 0 Å². The van der Waals surface area contributed by atoms with Crippen LogP contribution in [0.2, 0.25) is 0 Å². The maximum Gasteiger partial charge on any atom is 0.418 e. The van der Waals surface area contributed by atoms with Gasteiger partial charge in [-0.25, -0.2) is 4.98 Å². The van der Waals surface area contributed by atoms with Gasteiger partial charge in [-0.3, -0.25) is 4.90 Å². The van der Waals surface area contributed by atoms with Gasteiger partial charge in [-0.15, -0.1) is 0 Å². The van der Waals surface area contributed by atoms with E-state index in [-0.39, 0.29) is 42.4 Å². The van der Waals surface area contributed by atoms with E-state index in [1.807, 2.05) is 4.90 Å². The Balaban J connectivity index is 1.26. The van der Waals surface area contributed by atoms with Crippen molar-refractivity contribution in [3.8, 4) is 5.75 Å². The van der Waals surface area contributed by atoms with Gasteiger partial charge in [0.2, 0.25) is 0 Å². The SMILES string of the molecule is CC1(O)CC(n2cnc3cc(OCN4CCC(O)(c5ccc(C(F)(F)F)cc5)CC4)cc(C(F)(F)F)c32)C1. The largest absolute Gasteiger partial charge is 0.478 e. The highest BCUT2D eigenvalue weighted by Crippen LogP contribution is 2.45. The number of benzene rings is 2. The number of aliphatic hydroxyl groups is 2. The van der Waals surface area contributed by atoms with Crippen molar-refractivity contribution in [3.63, 3.8) is 0 Å². The van der Waals surface area contributed by atoms with E-state index in [4.69, 9.17) is 4.74 Å². The molecule has 2 aliphatic rings. The molecule has 1 aliphatic heterocycles. The predicted molar refractivity (Wildman–Crippen MR) is 125 cm³/mol. The Kier molecular flexibility index (Phi) is 6.43. The second-order valence-corrected chi connectivity index (χ2v) is 10.5. The molecule has 5 rings (SSSR count). The summed E-state index contributed by atoms with van der Waals surface area (Å²) in [4.78, 5) is 5.97. The number of halogens is 6. The minimum Gasteiger partial charge on any atom is -0.478 e. The highest BCUT2D eigenvalue weighted by atomic mass is 19.4. The van der Waals surface area contributed by atoms with Crippen LogP contribution in [0.15, 0.2) is 42.7 Å². The van der Waals surface area contributed by atoms with Crippen LogP contribution >= 0.6 is 0 Å². The lowest BCUT2D eigenvalue weighted by molar-refractivity contribution is -0.138. The Morgan fingerprint density at radius 2 is 1.61 bits per heavy atom. The Labute approximate surface area is 214 Å². The first kappa shape index (κ1) is 26.8. The lowest BCUT2D eigenvalue weighted by Gasteiger charge is -2.41. The Morgan fingerprint density at radius 3 is 2.16 bits per heavy atom. The molecule has 0 atom stereocenters. The number of alkyl halides is 6. The molecule has 206 valence electrons. The van der Waals surface area contributed by atoms with Crippen molar-refractivity contribution in [2.45, 2.75) is 62.2 Å². The van der Waals surface area contributed by atoms with E-state index in [2.05, 4.69) is 4.98 Å². The van der Waals surface area contributed by atoms with Crippen LogP contribution in [0.4, 0.5) is 26.3 Å². The number of nitrogens with zero attached hydrogens (tertiary/aromatic N) is 3. The summed E-state index contributed by atoms with van der Waals surface area (Å²) in [5.41, 5.74) is -3.41. The summed E-state index contributed by atoms with van der Waals surface area (Å²) in [5.74, 6) is -0.000689. The summed E-state index contributed by atoms with van der Waals surface area (Å²) in [5, 5.41) is 21.0. The van der Waals surface area contributed by atoms with Crippen molar-refractivity contribution in [2.75, 3.05) is 19.8 Å². The highest BCUT2D eigenvalue weighted by Gasteiger charge is 2.42. The Morgan fingerprint density at radius 1 is 0.974 bits per heavy atom. The molecule has 2 fully saturated rings. The summed E-state index contributed by atoms with van der Waals surface area (Å²) >= 11 is 0. The number of rotatable bonds is 5. The molecule has 2 aromatic carbocycles. The van der Waals surface area contributed by atoms with Crippen LogP contribution in [0.1, 0.15) is 55.3 Å². The number of ether oxygens (including phenoxy) is 1. The summed E-state index contributed by atoms with van der Waals surface area (Å²) in [6.45, 7) is 2.28. The Hall–Kier alpha value is -2.83. The fourth-order valence-electron chi connectivity index (χ4n) is 5.35. The van der Waals surface area contributed by atoms with E-state index in [0.29, 0.717) is 31.5 Å². The number of hydrogen-bond acceptors (Lipinski definition) is 5. The van der Waals surface area contributed by atoms with Crippen LogP contribution in [-0.2, 0) is 18.0 Å². The second kappa shape index (κ2) is 9.13. The number of hydrogen-bond donors (Lipinski definition) is 2. The maximum atomic E-state index is 14.0. The normalized spacial score (nSPS) is 24.4. The van der Waals surface area contributed by atoms with Crippen LogP contribution in [0, 0.1) is 0 Å². The van der Waals surface area contributed by atoms with Crippen LogP contribution in [0.3, 0.4) is 0 Å². The van der Waals surface area contributed by atoms with Crippen molar-refractivity contribution >= 4 is 11.0 Å². The monoisotopic (exact) mass is 543 g/mol. The fraction of sp³-hybridized carbons (Fsp3) is 0.500. The van der Waals surface area contributed by atoms with E-state index in [1.165, 1.54) is 29.1 Å². The molecule has 0 spiro atoms. The molecular formula is C26H27F6N3O3. The van der Waals surface area contributed by atoms with E-state index in [0.717, 1.165) is 18.2 Å². The number of aromatic nitrogens is 2. The summed E-state index contributed by atoms with van der Waals surface area (Å²) in [7, 11) is 0. The molecular weight excluding hydrogens is 516 g/mol. The third kappa shape index (κ3) is 5.21. The molecule has 2 N–H and O–H groups in total. The molecule has 1 aliphatic carbocycles. The van der Waals surface area contributed by atoms with E-state index in [1.54, 1.807) is 6.92 Å². The molecule has 0 amide bonds. The van der Waals surface area contributed by atoms with Gasteiger partial charge in [0.05, 0.1) is 39.7 Å². The van der Waals surface area contributed by atoms with Gasteiger partial charge >= 0.3 is 12.4 Å². The quantitative estimate of drug-likeness (QED) is 0.417. The molecule has 0 bridgehead atoms. The minimum atomic E-state index is -4.65. The predicted octanol–water partition coefficient (Wildman–Crippen LogP) is 5.48. The number of piperidine rings is 1. The molecule has 1 saturated carbocycles. The van der Waals surface area contributed by atoms with Gasteiger partial charge in [-0.1, -0.05) is 12.1 Å². The smallest absolute Gasteiger partial charge is 0.418 e. The zero-order valence-corrected chi connectivity index (χ0v) is 20.5. The molecule has 0 radical (unpaired) electrons. The van der Waals surface area contributed by atoms with Crippen LogP contribution < -0.4 is 4.74 Å². The van der Waals surface area contributed by atoms with Gasteiger partial charge in [-0.2, -0.15) is 26.3 Å². The van der Waals surface area contributed by atoms with Crippen molar-refractivity contribution < 1.29 is 41.3 Å². The van der Waals surface area contributed by atoms with Crippen LogP contribution in [-0.4, -0.2) is 50.1 Å². The van der Waals surface area contributed by atoms with Crippen molar-refractivity contribution in [1.29, 1.82) is 0 Å².